The van der Waals surface area contributed by atoms with E-state index in [2.05, 4.69) is 0 Å². The molecule has 0 aromatic heterocycles. The lowest BCUT2D eigenvalue weighted by Crippen LogP contribution is -2.26. The summed E-state index contributed by atoms with van der Waals surface area (Å²) in [6, 6.07) is 18.2. The predicted octanol–water partition coefficient (Wildman–Crippen LogP) is 4.98. The van der Waals surface area contributed by atoms with Crippen LogP contribution in [0, 0.1) is 17.0 Å². The fourth-order valence-electron chi connectivity index (χ4n) is 2.79. The number of rotatable bonds is 6. The monoisotopic (exact) mass is 392 g/mol. The van der Waals surface area contributed by atoms with Gasteiger partial charge in [-0.05, 0) is 55.0 Å². The highest BCUT2D eigenvalue weighted by Gasteiger charge is 2.22. The molecular formula is C22H20N2O5. The summed E-state index contributed by atoms with van der Waals surface area (Å²) in [6.45, 7) is 1.92. The standard InChI is InChI=1S/C22H20N2O5/c1-15-5-4-6-16(13-15)23(2)22(25)20-14-17(24(26)27)7-12-21(20)29-19-10-8-18(28-3)9-11-19/h4-14H,1-3H3. The van der Waals surface area contributed by atoms with Crippen LogP contribution in [0.15, 0.2) is 66.7 Å². The summed E-state index contributed by atoms with van der Waals surface area (Å²) in [4.78, 5) is 25.3. The molecule has 0 aliphatic heterocycles. The van der Waals surface area contributed by atoms with Gasteiger partial charge in [0.1, 0.15) is 17.2 Å². The highest BCUT2D eigenvalue weighted by atomic mass is 16.6. The zero-order valence-corrected chi connectivity index (χ0v) is 16.3. The summed E-state index contributed by atoms with van der Waals surface area (Å²) in [5.74, 6) is 0.955. The minimum Gasteiger partial charge on any atom is -0.497 e. The largest absolute Gasteiger partial charge is 0.497 e. The molecule has 0 saturated carbocycles. The number of carbonyl (C=O) groups excluding carboxylic acids is 1. The van der Waals surface area contributed by atoms with Crippen molar-refractivity contribution in [1.29, 1.82) is 0 Å². The first-order valence-electron chi connectivity index (χ1n) is 8.84. The Balaban J connectivity index is 1.98. The van der Waals surface area contributed by atoms with Gasteiger partial charge in [0.25, 0.3) is 11.6 Å². The zero-order chi connectivity index (χ0) is 21.0. The maximum Gasteiger partial charge on any atom is 0.270 e. The molecule has 0 unspecified atom stereocenters. The molecule has 7 nitrogen and oxygen atoms in total. The fourth-order valence-corrected chi connectivity index (χ4v) is 2.79. The second kappa shape index (κ2) is 8.43. The number of carbonyl (C=O) groups is 1. The molecule has 0 aliphatic carbocycles. The smallest absolute Gasteiger partial charge is 0.270 e. The Kier molecular flexibility index (Phi) is 5.78. The highest BCUT2D eigenvalue weighted by molar-refractivity contribution is 6.08. The van der Waals surface area contributed by atoms with E-state index >= 15 is 0 Å². The average Bonchev–Trinajstić information content (AvgIpc) is 2.73. The number of benzene rings is 3. The first-order chi connectivity index (χ1) is 13.9. The van der Waals surface area contributed by atoms with Crippen molar-refractivity contribution >= 4 is 17.3 Å². The second-order valence-electron chi connectivity index (χ2n) is 6.42. The molecule has 3 rings (SSSR count). The number of amides is 1. The number of nitro groups is 1. The van der Waals surface area contributed by atoms with Crippen molar-refractivity contribution in [1.82, 2.24) is 0 Å². The lowest BCUT2D eigenvalue weighted by molar-refractivity contribution is -0.384. The van der Waals surface area contributed by atoms with Gasteiger partial charge in [-0.15, -0.1) is 0 Å². The van der Waals surface area contributed by atoms with Crippen LogP contribution in [-0.2, 0) is 0 Å². The molecule has 0 radical (unpaired) electrons. The lowest BCUT2D eigenvalue weighted by Gasteiger charge is -2.19. The number of ether oxygens (including phenoxy) is 2. The second-order valence-corrected chi connectivity index (χ2v) is 6.42. The molecule has 3 aromatic carbocycles. The molecule has 0 saturated heterocycles. The maximum atomic E-state index is 13.1. The molecule has 1 amide bonds. The van der Waals surface area contributed by atoms with E-state index in [4.69, 9.17) is 9.47 Å². The van der Waals surface area contributed by atoms with E-state index in [-0.39, 0.29) is 17.0 Å². The molecule has 0 N–H and O–H groups in total. The number of hydrogen-bond donors (Lipinski definition) is 0. The van der Waals surface area contributed by atoms with Crippen LogP contribution in [-0.4, -0.2) is 25.0 Å². The van der Waals surface area contributed by atoms with E-state index in [1.807, 2.05) is 25.1 Å². The van der Waals surface area contributed by atoms with Crippen LogP contribution >= 0.6 is 0 Å². The van der Waals surface area contributed by atoms with Crippen LogP contribution in [0.5, 0.6) is 17.2 Å². The molecule has 29 heavy (non-hydrogen) atoms. The molecule has 0 aliphatic rings. The molecular weight excluding hydrogens is 372 g/mol. The van der Waals surface area contributed by atoms with Crippen LogP contribution in [0.3, 0.4) is 0 Å². The van der Waals surface area contributed by atoms with Gasteiger partial charge in [-0.2, -0.15) is 0 Å². The topological polar surface area (TPSA) is 81.9 Å². The van der Waals surface area contributed by atoms with Gasteiger partial charge in [0, 0.05) is 24.9 Å². The Labute approximate surface area is 168 Å². The van der Waals surface area contributed by atoms with E-state index in [1.165, 1.54) is 23.1 Å². The van der Waals surface area contributed by atoms with Crippen molar-refractivity contribution in [3.8, 4) is 17.2 Å². The van der Waals surface area contributed by atoms with Gasteiger partial charge in [-0.1, -0.05) is 12.1 Å². The molecule has 0 atom stereocenters. The Morgan fingerprint density at radius 3 is 2.31 bits per heavy atom. The van der Waals surface area contributed by atoms with Crippen LogP contribution < -0.4 is 14.4 Å². The summed E-state index contributed by atoms with van der Waals surface area (Å²) in [6.07, 6.45) is 0. The van der Waals surface area contributed by atoms with Crippen molar-refractivity contribution < 1.29 is 19.2 Å². The van der Waals surface area contributed by atoms with Crippen molar-refractivity contribution in [3.63, 3.8) is 0 Å². The van der Waals surface area contributed by atoms with Crippen molar-refractivity contribution in [2.45, 2.75) is 6.92 Å². The van der Waals surface area contributed by atoms with Gasteiger partial charge in [-0.3, -0.25) is 14.9 Å². The molecule has 0 spiro atoms. The minimum atomic E-state index is -0.541. The van der Waals surface area contributed by atoms with Gasteiger partial charge < -0.3 is 14.4 Å². The Morgan fingerprint density at radius 2 is 1.69 bits per heavy atom. The molecule has 3 aromatic rings. The molecule has 0 fully saturated rings. The number of nitro benzene ring substituents is 1. The highest BCUT2D eigenvalue weighted by Crippen LogP contribution is 2.31. The molecule has 7 heteroatoms. The average molecular weight is 392 g/mol. The van der Waals surface area contributed by atoms with Crippen LogP contribution in [0.1, 0.15) is 15.9 Å². The SMILES string of the molecule is COc1ccc(Oc2ccc([N+](=O)[O-])cc2C(=O)N(C)c2cccc(C)c2)cc1. The van der Waals surface area contributed by atoms with Crippen LogP contribution in [0.4, 0.5) is 11.4 Å². The summed E-state index contributed by atoms with van der Waals surface area (Å²) in [7, 11) is 3.18. The first kappa shape index (κ1) is 19.9. The first-order valence-corrected chi connectivity index (χ1v) is 8.84. The van der Waals surface area contributed by atoms with Gasteiger partial charge >= 0.3 is 0 Å². The summed E-state index contributed by atoms with van der Waals surface area (Å²) in [5.41, 5.74) is 1.58. The summed E-state index contributed by atoms with van der Waals surface area (Å²) in [5, 5.41) is 11.2. The zero-order valence-electron chi connectivity index (χ0n) is 16.3. The quantitative estimate of drug-likeness (QED) is 0.436. The van der Waals surface area contributed by atoms with Crippen LogP contribution in [0.2, 0.25) is 0 Å². The van der Waals surface area contributed by atoms with Crippen LogP contribution in [0.25, 0.3) is 0 Å². The van der Waals surface area contributed by atoms with Gasteiger partial charge in [0.15, 0.2) is 0 Å². The normalized spacial score (nSPS) is 10.3. The molecule has 0 bridgehead atoms. The van der Waals surface area contributed by atoms with E-state index in [0.717, 1.165) is 5.56 Å². The Morgan fingerprint density at radius 1 is 1.00 bits per heavy atom. The van der Waals surface area contributed by atoms with Crippen molar-refractivity contribution in [2.24, 2.45) is 0 Å². The Bertz CT molecular complexity index is 1050. The van der Waals surface area contributed by atoms with Gasteiger partial charge in [0.2, 0.25) is 0 Å². The Hall–Kier alpha value is -3.87. The third kappa shape index (κ3) is 4.52. The third-order valence-corrected chi connectivity index (χ3v) is 4.39. The summed E-state index contributed by atoms with van der Waals surface area (Å²) < 4.78 is 11.0. The summed E-state index contributed by atoms with van der Waals surface area (Å²) >= 11 is 0. The number of methoxy groups -OCH3 is 1. The van der Waals surface area contributed by atoms with E-state index < -0.39 is 10.8 Å². The van der Waals surface area contributed by atoms with Gasteiger partial charge in [-0.25, -0.2) is 0 Å². The predicted molar refractivity (Wildman–Crippen MR) is 110 cm³/mol. The fraction of sp³-hybridized carbons (Fsp3) is 0.136. The van der Waals surface area contributed by atoms with E-state index in [9.17, 15) is 14.9 Å². The number of aryl methyl sites for hydroxylation is 1. The molecule has 148 valence electrons. The molecule has 0 heterocycles. The van der Waals surface area contributed by atoms with Gasteiger partial charge in [0.05, 0.1) is 17.6 Å². The maximum absolute atomic E-state index is 13.1. The van der Waals surface area contributed by atoms with E-state index in [0.29, 0.717) is 17.2 Å². The number of nitrogens with zero attached hydrogens (tertiary/aromatic N) is 2. The van der Waals surface area contributed by atoms with Crippen molar-refractivity contribution in [2.75, 3.05) is 19.1 Å². The van der Waals surface area contributed by atoms with Crippen molar-refractivity contribution in [3.05, 3.63) is 88.0 Å². The minimum absolute atomic E-state index is 0.0963. The van der Waals surface area contributed by atoms with E-state index in [1.54, 1.807) is 44.5 Å². The third-order valence-electron chi connectivity index (χ3n) is 4.39. The lowest BCUT2D eigenvalue weighted by atomic mass is 10.1. The number of anilines is 1. The number of hydrogen-bond acceptors (Lipinski definition) is 5. The number of non-ortho nitro benzene ring substituents is 1.